The summed E-state index contributed by atoms with van der Waals surface area (Å²) in [5.74, 6) is -2.10. The number of carboxylic acids is 1. The molecule has 2 atom stereocenters. The molecule has 0 aliphatic heterocycles. The quantitative estimate of drug-likeness (QED) is 0.784. The summed E-state index contributed by atoms with van der Waals surface area (Å²) in [5.41, 5.74) is 0. The van der Waals surface area contributed by atoms with Gasteiger partial charge in [-0.2, -0.15) is 0 Å². The first-order chi connectivity index (χ1) is 7.90. The van der Waals surface area contributed by atoms with Crippen molar-refractivity contribution in [1.29, 1.82) is 0 Å². The van der Waals surface area contributed by atoms with E-state index >= 15 is 0 Å². The van der Waals surface area contributed by atoms with Gasteiger partial charge in [-0.05, 0) is 13.8 Å². The van der Waals surface area contributed by atoms with Crippen LogP contribution in [0.2, 0.25) is 0 Å². The Hall–Kier alpha value is -1.35. The summed E-state index contributed by atoms with van der Waals surface area (Å²) in [6.45, 7) is 3.03. The number of amides is 1. The van der Waals surface area contributed by atoms with Crippen LogP contribution in [0.4, 0.5) is 5.13 Å². The van der Waals surface area contributed by atoms with Crippen LogP contribution in [0.15, 0.2) is 0 Å². The standard InChI is InChI=1S/C8H11N3O4S2/c1-4(7(13)14)17(15)3-6(12)9-8-11-10-5(2)16-8/h4H,3H2,1-2H3,(H,13,14)(H,9,11,12). The minimum atomic E-state index is -1.75. The number of carbonyl (C=O) groups excluding carboxylic acids is 1. The number of carboxylic acid groups (broad SMARTS) is 1. The number of hydrogen-bond acceptors (Lipinski definition) is 6. The highest BCUT2D eigenvalue weighted by molar-refractivity contribution is 7.87. The molecule has 17 heavy (non-hydrogen) atoms. The number of nitrogens with zero attached hydrogens (tertiary/aromatic N) is 2. The second-order valence-electron chi connectivity index (χ2n) is 3.18. The Kier molecular flexibility index (Phi) is 4.70. The summed E-state index contributed by atoms with van der Waals surface area (Å²) in [6, 6.07) is 0. The molecule has 0 radical (unpaired) electrons. The summed E-state index contributed by atoms with van der Waals surface area (Å²) in [4.78, 5) is 21.9. The number of aryl methyl sites for hydroxylation is 1. The van der Waals surface area contributed by atoms with Gasteiger partial charge in [0.2, 0.25) is 11.0 Å². The summed E-state index contributed by atoms with van der Waals surface area (Å²) in [6.07, 6.45) is 0. The van der Waals surface area contributed by atoms with Crippen molar-refractivity contribution >= 4 is 39.1 Å². The van der Waals surface area contributed by atoms with Gasteiger partial charge in [-0.3, -0.25) is 19.1 Å². The van der Waals surface area contributed by atoms with E-state index in [-0.39, 0.29) is 5.75 Å². The number of rotatable bonds is 5. The molecule has 0 aromatic carbocycles. The van der Waals surface area contributed by atoms with Crippen LogP contribution in [-0.4, -0.2) is 42.4 Å². The highest BCUT2D eigenvalue weighted by Crippen LogP contribution is 2.13. The molecule has 1 heterocycles. The average Bonchev–Trinajstić information content (AvgIpc) is 2.62. The van der Waals surface area contributed by atoms with Crippen molar-refractivity contribution < 1.29 is 18.9 Å². The first-order valence-corrected chi connectivity index (χ1v) is 6.80. The fraction of sp³-hybridized carbons (Fsp3) is 0.500. The molecule has 7 nitrogen and oxygen atoms in total. The van der Waals surface area contributed by atoms with Crippen molar-refractivity contribution in [2.75, 3.05) is 11.1 Å². The maximum absolute atomic E-state index is 11.4. The predicted molar refractivity (Wildman–Crippen MR) is 63.4 cm³/mol. The summed E-state index contributed by atoms with van der Waals surface area (Å²) in [5, 5.41) is 18.3. The molecule has 0 saturated heterocycles. The molecular formula is C8H11N3O4S2. The van der Waals surface area contributed by atoms with Gasteiger partial charge < -0.3 is 5.11 Å². The fourth-order valence-electron chi connectivity index (χ4n) is 0.869. The molecular weight excluding hydrogens is 266 g/mol. The second kappa shape index (κ2) is 5.82. The third kappa shape index (κ3) is 4.19. The fourth-order valence-corrected chi connectivity index (χ4v) is 2.28. The van der Waals surface area contributed by atoms with Crippen LogP contribution in [0.1, 0.15) is 11.9 Å². The molecule has 1 aromatic heterocycles. The zero-order chi connectivity index (χ0) is 13.0. The highest BCUT2D eigenvalue weighted by Gasteiger charge is 2.21. The lowest BCUT2D eigenvalue weighted by Gasteiger charge is -2.05. The van der Waals surface area contributed by atoms with E-state index in [1.54, 1.807) is 6.92 Å². The van der Waals surface area contributed by atoms with Gasteiger partial charge in [0.15, 0.2) is 0 Å². The average molecular weight is 277 g/mol. The van der Waals surface area contributed by atoms with E-state index < -0.39 is 27.9 Å². The molecule has 1 aromatic rings. The molecule has 0 bridgehead atoms. The number of nitrogens with one attached hydrogen (secondary N) is 1. The van der Waals surface area contributed by atoms with Crippen molar-refractivity contribution in [2.45, 2.75) is 19.1 Å². The zero-order valence-corrected chi connectivity index (χ0v) is 10.8. The van der Waals surface area contributed by atoms with Crippen LogP contribution in [0.5, 0.6) is 0 Å². The largest absolute Gasteiger partial charge is 0.480 e. The summed E-state index contributed by atoms with van der Waals surface area (Å²) >= 11 is 1.19. The summed E-state index contributed by atoms with van der Waals surface area (Å²) in [7, 11) is -1.75. The van der Waals surface area contributed by atoms with E-state index in [9.17, 15) is 13.8 Å². The molecule has 0 spiro atoms. The first-order valence-electron chi connectivity index (χ1n) is 4.60. The number of anilines is 1. The third-order valence-corrected chi connectivity index (χ3v) is 4.08. The maximum atomic E-state index is 11.4. The lowest BCUT2D eigenvalue weighted by molar-refractivity contribution is -0.136. The Morgan fingerprint density at radius 3 is 2.65 bits per heavy atom. The lowest BCUT2D eigenvalue weighted by Crippen LogP contribution is -2.29. The van der Waals surface area contributed by atoms with Crippen LogP contribution in [0, 0.1) is 6.92 Å². The Morgan fingerprint density at radius 1 is 1.53 bits per heavy atom. The van der Waals surface area contributed by atoms with Gasteiger partial charge in [0.1, 0.15) is 16.0 Å². The van der Waals surface area contributed by atoms with Gasteiger partial charge in [-0.25, -0.2) is 0 Å². The third-order valence-electron chi connectivity index (χ3n) is 1.79. The Bertz CT molecular complexity index is 459. The Morgan fingerprint density at radius 2 is 2.18 bits per heavy atom. The minimum absolute atomic E-state index is 0.312. The van der Waals surface area contributed by atoms with Gasteiger partial charge in [-0.15, -0.1) is 10.2 Å². The van der Waals surface area contributed by atoms with Crippen molar-refractivity contribution in [2.24, 2.45) is 0 Å². The number of carbonyl (C=O) groups is 2. The van der Waals surface area contributed by atoms with Crippen LogP contribution in [0.3, 0.4) is 0 Å². The highest BCUT2D eigenvalue weighted by atomic mass is 32.2. The van der Waals surface area contributed by atoms with E-state index in [0.29, 0.717) is 10.1 Å². The topological polar surface area (TPSA) is 109 Å². The van der Waals surface area contributed by atoms with E-state index in [0.717, 1.165) is 0 Å². The van der Waals surface area contributed by atoms with E-state index in [4.69, 9.17) is 5.11 Å². The molecule has 1 rings (SSSR count). The van der Waals surface area contributed by atoms with Crippen LogP contribution < -0.4 is 5.32 Å². The summed E-state index contributed by atoms with van der Waals surface area (Å²) < 4.78 is 11.4. The minimum Gasteiger partial charge on any atom is -0.480 e. The second-order valence-corrected chi connectivity index (χ2v) is 6.12. The molecule has 0 saturated carbocycles. The van der Waals surface area contributed by atoms with E-state index in [1.165, 1.54) is 18.3 Å². The Labute approximate surface area is 104 Å². The van der Waals surface area contributed by atoms with E-state index in [2.05, 4.69) is 15.5 Å². The van der Waals surface area contributed by atoms with Crippen LogP contribution in [0.25, 0.3) is 0 Å². The number of hydrogen-bond donors (Lipinski definition) is 2. The monoisotopic (exact) mass is 277 g/mol. The molecule has 1 amide bonds. The molecule has 0 fully saturated rings. The number of aliphatic carboxylic acids is 1. The van der Waals surface area contributed by atoms with Gasteiger partial charge in [0, 0.05) is 10.8 Å². The zero-order valence-electron chi connectivity index (χ0n) is 9.17. The molecule has 0 aliphatic carbocycles. The Balaban J connectivity index is 2.50. The van der Waals surface area contributed by atoms with E-state index in [1.807, 2.05) is 0 Å². The normalized spacial score (nSPS) is 14.0. The van der Waals surface area contributed by atoms with Crippen molar-refractivity contribution in [3.05, 3.63) is 5.01 Å². The number of aromatic nitrogens is 2. The molecule has 94 valence electrons. The SMILES string of the molecule is Cc1nnc(NC(=O)CS(=O)C(C)C(=O)O)s1. The van der Waals surface area contributed by atoms with Crippen LogP contribution >= 0.6 is 11.3 Å². The van der Waals surface area contributed by atoms with Gasteiger partial charge in [0.25, 0.3) is 0 Å². The van der Waals surface area contributed by atoms with Crippen LogP contribution in [-0.2, 0) is 20.4 Å². The molecule has 9 heteroatoms. The first kappa shape index (κ1) is 13.7. The molecule has 2 N–H and O–H groups in total. The smallest absolute Gasteiger partial charge is 0.318 e. The molecule has 0 aliphatic rings. The van der Waals surface area contributed by atoms with Gasteiger partial charge in [0.05, 0.1) is 0 Å². The van der Waals surface area contributed by atoms with Crippen molar-refractivity contribution in [3.8, 4) is 0 Å². The lowest BCUT2D eigenvalue weighted by atomic mass is 10.5. The van der Waals surface area contributed by atoms with Gasteiger partial charge in [-0.1, -0.05) is 11.3 Å². The maximum Gasteiger partial charge on any atom is 0.318 e. The van der Waals surface area contributed by atoms with Crippen molar-refractivity contribution in [3.63, 3.8) is 0 Å². The molecule has 2 unspecified atom stereocenters. The van der Waals surface area contributed by atoms with Gasteiger partial charge >= 0.3 is 5.97 Å². The predicted octanol–water partition coefficient (Wildman–Crippen LogP) is 0.00682. The van der Waals surface area contributed by atoms with Crippen molar-refractivity contribution in [1.82, 2.24) is 10.2 Å².